The van der Waals surface area contributed by atoms with E-state index in [-0.39, 0.29) is 24.0 Å². The Morgan fingerprint density at radius 1 is 0.963 bits per heavy atom. The second-order valence-corrected chi connectivity index (χ2v) is 9.07. The molecule has 0 unspecified atom stereocenters. The van der Waals surface area contributed by atoms with Crippen LogP contribution in [0.5, 0.6) is 0 Å². The Hall–Kier alpha value is -1.74. The van der Waals surface area contributed by atoms with Gasteiger partial charge in [0.1, 0.15) is 0 Å². The number of amides is 2. The van der Waals surface area contributed by atoms with E-state index in [9.17, 15) is 13.2 Å². The Kier molecular flexibility index (Phi) is 8.43. The van der Waals surface area contributed by atoms with Crippen molar-refractivity contribution in [2.45, 2.75) is 16.7 Å². The van der Waals surface area contributed by atoms with Crippen LogP contribution in [0.25, 0.3) is 0 Å². The van der Waals surface area contributed by atoms with E-state index >= 15 is 0 Å². The molecule has 2 aromatic rings. The first-order chi connectivity index (χ1) is 12.9. The van der Waals surface area contributed by atoms with Crippen molar-refractivity contribution in [3.05, 3.63) is 59.1 Å². The zero-order valence-electron chi connectivity index (χ0n) is 14.9. The van der Waals surface area contributed by atoms with Crippen LogP contribution in [0.15, 0.2) is 58.3 Å². The summed E-state index contributed by atoms with van der Waals surface area (Å²) in [6.07, 6.45) is 0. The van der Waals surface area contributed by atoms with Gasteiger partial charge in [0, 0.05) is 35.3 Å². The van der Waals surface area contributed by atoms with E-state index in [0.717, 1.165) is 16.2 Å². The minimum Gasteiger partial charge on any atom is -0.337 e. The van der Waals surface area contributed by atoms with Crippen LogP contribution in [-0.2, 0) is 10.0 Å². The smallest absolute Gasteiger partial charge is 0.314 e. The van der Waals surface area contributed by atoms with Crippen LogP contribution in [0, 0.1) is 6.92 Å². The van der Waals surface area contributed by atoms with Crippen LogP contribution in [-0.4, -0.2) is 39.8 Å². The Morgan fingerprint density at radius 3 is 2.26 bits per heavy atom. The molecular formula is C18H22ClN3O3S2. The Bertz CT molecular complexity index is 841. The highest BCUT2D eigenvalue weighted by atomic mass is 35.5. The minimum atomic E-state index is -3.56. The summed E-state index contributed by atoms with van der Waals surface area (Å²) in [6, 6.07) is 13.7. The maximum absolute atomic E-state index is 12.1. The Balaban J connectivity index is 1.60. The summed E-state index contributed by atoms with van der Waals surface area (Å²) in [4.78, 5) is 13.0. The van der Waals surface area contributed by atoms with E-state index < -0.39 is 10.0 Å². The van der Waals surface area contributed by atoms with Crippen molar-refractivity contribution >= 4 is 39.4 Å². The normalized spacial score (nSPS) is 11.2. The number of carbonyl (C=O) groups is 1. The molecule has 0 radical (unpaired) electrons. The standard InChI is InChI=1S/C18H22ClN3O3S2/c1-14-2-8-17(9-3-14)27(24,25)22-11-10-20-18(23)21-12-13-26-16-6-4-15(19)5-7-16/h2-9,22H,10-13H2,1H3,(H2,20,21,23). The molecule has 9 heteroatoms. The van der Waals surface area contributed by atoms with Gasteiger partial charge in [0.05, 0.1) is 4.90 Å². The lowest BCUT2D eigenvalue weighted by Gasteiger charge is -2.09. The highest BCUT2D eigenvalue weighted by Crippen LogP contribution is 2.19. The maximum Gasteiger partial charge on any atom is 0.314 e. The second kappa shape index (κ2) is 10.6. The van der Waals surface area contributed by atoms with Crippen molar-refractivity contribution in [1.29, 1.82) is 0 Å². The number of benzene rings is 2. The quantitative estimate of drug-likeness (QED) is 0.424. The lowest BCUT2D eigenvalue weighted by molar-refractivity contribution is 0.241. The van der Waals surface area contributed by atoms with Gasteiger partial charge in [0.15, 0.2) is 0 Å². The van der Waals surface area contributed by atoms with Crippen LogP contribution < -0.4 is 15.4 Å². The number of hydrogen-bond donors (Lipinski definition) is 3. The largest absolute Gasteiger partial charge is 0.337 e. The van der Waals surface area contributed by atoms with Gasteiger partial charge < -0.3 is 10.6 Å². The van der Waals surface area contributed by atoms with Crippen molar-refractivity contribution in [2.24, 2.45) is 0 Å². The molecule has 0 aliphatic carbocycles. The zero-order valence-corrected chi connectivity index (χ0v) is 17.3. The highest BCUT2D eigenvalue weighted by molar-refractivity contribution is 7.99. The third kappa shape index (κ3) is 7.80. The molecule has 27 heavy (non-hydrogen) atoms. The summed E-state index contributed by atoms with van der Waals surface area (Å²) in [5, 5.41) is 6.03. The summed E-state index contributed by atoms with van der Waals surface area (Å²) in [6.45, 7) is 2.69. The fourth-order valence-corrected chi connectivity index (χ4v) is 4.02. The number of aryl methyl sites for hydroxylation is 1. The summed E-state index contributed by atoms with van der Waals surface area (Å²) >= 11 is 7.44. The van der Waals surface area contributed by atoms with Gasteiger partial charge in [-0.1, -0.05) is 29.3 Å². The number of halogens is 1. The van der Waals surface area contributed by atoms with Crippen LogP contribution in [0.2, 0.25) is 5.02 Å². The second-order valence-electron chi connectivity index (χ2n) is 5.70. The molecule has 6 nitrogen and oxygen atoms in total. The van der Waals surface area contributed by atoms with E-state index in [1.54, 1.807) is 36.0 Å². The summed E-state index contributed by atoms with van der Waals surface area (Å²) in [5.41, 5.74) is 0.988. The number of hydrogen-bond acceptors (Lipinski definition) is 4. The minimum absolute atomic E-state index is 0.114. The molecule has 2 rings (SSSR count). The summed E-state index contributed by atoms with van der Waals surface area (Å²) in [7, 11) is -3.56. The molecule has 0 aliphatic heterocycles. The predicted molar refractivity (Wildman–Crippen MR) is 110 cm³/mol. The number of urea groups is 1. The first-order valence-corrected chi connectivity index (χ1v) is 11.2. The summed E-state index contributed by atoms with van der Waals surface area (Å²) in [5.74, 6) is 0.717. The molecule has 0 aliphatic rings. The molecular weight excluding hydrogens is 406 g/mol. The lowest BCUT2D eigenvalue weighted by atomic mass is 10.2. The van der Waals surface area contributed by atoms with Gasteiger partial charge >= 0.3 is 6.03 Å². The fraction of sp³-hybridized carbons (Fsp3) is 0.278. The van der Waals surface area contributed by atoms with Crippen LogP contribution >= 0.6 is 23.4 Å². The number of thioether (sulfide) groups is 1. The van der Waals surface area contributed by atoms with E-state index in [1.165, 1.54) is 0 Å². The third-order valence-electron chi connectivity index (χ3n) is 3.50. The van der Waals surface area contributed by atoms with E-state index in [0.29, 0.717) is 11.6 Å². The van der Waals surface area contributed by atoms with Gasteiger partial charge in [-0.2, -0.15) is 0 Å². The molecule has 0 saturated heterocycles. The number of nitrogens with one attached hydrogen (secondary N) is 3. The molecule has 0 heterocycles. The first kappa shape index (κ1) is 21.6. The van der Waals surface area contributed by atoms with Crippen LogP contribution in [0.4, 0.5) is 4.79 Å². The Morgan fingerprint density at radius 2 is 1.59 bits per heavy atom. The molecule has 0 fully saturated rings. The monoisotopic (exact) mass is 427 g/mol. The lowest BCUT2D eigenvalue weighted by Crippen LogP contribution is -2.40. The van der Waals surface area contributed by atoms with E-state index in [1.807, 2.05) is 31.2 Å². The van der Waals surface area contributed by atoms with Gasteiger partial charge in [-0.05, 0) is 43.3 Å². The van der Waals surface area contributed by atoms with Gasteiger partial charge in [-0.25, -0.2) is 17.9 Å². The van der Waals surface area contributed by atoms with Gasteiger partial charge in [0.25, 0.3) is 0 Å². The molecule has 2 aromatic carbocycles. The molecule has 3 N–H and O–H groups in total. The van der Waals surface area contributed by atoms with Crippen molar-refractivity contribution in [3.8, 4) is 0 Å². The molecule has 0 spiro atoms. The highest BCUT2D eigenvalue weighted by Gasteiger charge is 2.12. The van der Waals surface area contributed by atoms with E-state index in [4.69, 9.17) is 11.6 Å². The predicted octanol–water partition coefficient (Wildman–Crippen LogP) is 3.02. The Labute approximate surface area is 169 Å². The molecule has 0 bridgehead atoms. The van der Waals surface area contributed by atoms with Gasteiger partial charge in [-0.3, -0.25) is 0 Å². The first-order valence-electron chi connectivity index (χ1n) is 8.33. The fourth-order valence-electron chi connectivity index (χ4n) is 2.09. The van der Waals surface area contributed by atoms with Gasteiger partial charge in [0.2, 0.25) is 10.0 Å². The number of rotatable bonds is 9. The number of carbonyl (C=O) groups excluding carboxylic acids is 1. The average molecular weight is 428 g/mol. The number of sulfonamides is 1. The van der Waals surface area contributed by atoms with Crippen molar-refractivity contribution in [2.75, 3.05) is 25.4 Å². The van der Waals surface area contributed by atoms with Crippen molar-refractivity contribution < 1.29 is 13.2 Å². The molecule has 146 valence electrons. The molecule has 0 aromatic heterocycles. The average Bonchev–Trinajstić information content (AvgIpc) is 2.64. The molecule has 2 amide bonds. The summed E-state index contributed by atoms with van der Waals surface area (Å²) < 4.78 is 26.7. The SMILES string of the molecule is Cc1ccc(S(=O)(=O)NCCNC(=O)NCCSc2ccc(Cl)cc2)cc1. The maximum atomic E-state index is 12.1. The van der Waals surface area contributed by atoms with E-state index in [2.05, 4.69) is 15.4 Å². The molecule has 0 atom stereocenters. The van der Waals surface area contributed by atoms with Crippen LogP contribution in [0.3, 0.4) is 0 Å². The third-order valence-corrected chi connectivity index (χ3v) is 6.25. The zero-order chi connectivity index (χ0) is 19.7. The van der Waals surface area contributed by atoms with Crippen LogP contribution in [0.1, 0.15) is 5.56 Å². The van der Waals surface area contributed by atoms with Gasteiger partial charge in [-0.15, -0.1) is 11.8 Å². The van der Waals surface area contributed by atoms with Crippen molar-refractivity contribution in [1.82, 2.24) is 15.4 Å². The topological polar surface area (TPSA) is 87.3 Å². The molecule has 0 saturated carbocycles. The van der Waals surface area contributed by atoms with Crippen molar-refractivity contribution in [3.63, 3.8) is 0 Å².